The van der Waals surface area contributed by atoms with Gasteiger partial charge in [0, 0.05) is 22.3 Å². The van der Waals surface area contributed by atoms with Crippen molar-refractivity contribution in [3.8, 4) is 17.2 Å². The molecule has 0 saturated heterocycles. The van der Waals surface area contributed by atoms with Gasteiger partial charge in [-0.2, -0.15) is 0 Å². The molecule has 0 spiro atoms. The average Bonchev–Trinajstić information content (AvgIpc) is 2.53. The van der Waals surface area contributed by atoms with Crippen LogP contribution in [0.5, 0.6) is 17.2 Å². The van der Waals surface area contributed by atoms with Crippen LogP contribution in [-0.2, 0) is 31.2 Å². The summed E-state index contributed by atoms with van der Waals surface area (Å²) in [6, 6.07) is 6.06. The van der Waals surface area contributed by atoms with E-state index in [1.807, 2.05) is 6.92 Å². The second kappa shape index (κ2) is 7.32. The first-order valence-corrected chi connectivity index (χ1v) is 7.10. The van der Waals surface area contributed by atoms with Crippen LogP contribution in [0.25, 0.3) is 0 Å². The molecule has 124 valence electrons. The second-order valence-electron chi connectivity index (χ2n) is 5.35. The topological polar surface area (TPSA) is 110 Å². The fraction of sp³-hybridized carbons (Fsp3) is 0.294. The van der Waals surface area contributed by atoms with E-state index in [0.717, 1.165) is 5.56 Å². The molecule has 0 bridgehead atoms. The average molecular weight is 320 g/mol. The summed E-state index contributed by atoms with van der Waals surface area (Å²) in [5.74, 6) is -0.226. The number of hydrogen-bond donors (Lipinski definition) is 5. The largest absolute Gasteiger partial charge is 0.508 e. The van der Waals surface area contributed by atoms with Crippen molar-refractivity contribution in [3.05, 3.63) is 52.1 Å². The molecule has 2 aromatic carbocycles. The lowest BCUT2D eigenvalue weighted by molar-refractivity contribution is 0.103. The van der Waals surface area contributed by atoms with Gasteiger partial charge in [0.05, 0.1) is 26.4 Å². The number of ether oxygens (including phenoxy) is 1. The van der Waals surface area contributed by atoms with Gasteiger partial charge in [-0.1, -0.05) is 17.7 Å². The van der Waals surface area contributed by atoms with Gasteiger partial charge < -0.3 is 30.3 Å². The summed E-state index contributed by atoms with van der Waals surface area (Å²) < 4.78 is 5.48. The smallest absolute Gasteiger partial charge is 0.126 e. The van der Waals surface area contributed by atoms with Crippen LogP contribution in [0.2, 0.25) is 0 Å². The molecule has 6 heteroatoms. The van der Waals surface area contributed by atoms with E-state index in [0.29, 0.717) is 16.7 Å². The maximum atomic E-state index is 10.0. The molecular formula is C17H20O6. The summed E-state index contributed by atoms with van der Waals surface area (Å²) in [4.78, 5) is 0. The molecule has 2 rings (SSSR count). The molecule has 0 aliphatic carbocycles. The van der Waals surface area contributed by atoms with E-state index in [9.17, 15) is 20.4 Å². The molecular weight excluding hydrogens is 300 g/mol. The Morgan fingerprint density at radius 3 is 1.74 bits per heavy atom. The number of aryl methyl sites for hydroxylation is 1. The molecule has 0 aromatic heterocycles. The maximum Gasteiger partial charge on any atom is 0.126 e. The predicted molar refractivity (Wildman–Crippen MR) is 83.0 cm³/mol. The Bertz CT molecular complexity index is 636. The number of rotatable bonds is 6. The molecule has 5 N–H and O–H groups in total. The zero-order chi connectivity index (χ0) is 17.0. The van der Waals surface area contributed by atoms with E-state index in [2.05, 4.69) is 0 Å². The lowest BCUT2D eigenvalue weighted by Gasteiger charge is -2.12. The van der Waals surface area contributed by atoms with Crippen molar-refractivity contribution < 1.29 is 30.3 Å². The quantitative estimate of drug-likeness (QED) is 0.519. The van der Waals surface area contributed by atoms with Crippen molar-refractivity contribution in [1.29, 1.82) is 0 Å². The molecule has 2 aromatic rings. The summed E-state index contributed by atoms with van der Waals surface area (Å²) in [6.45, 7) is 1.25. The highest BCUT2D eigenvalue weighted by Gasteiger charge is 2.12. The summed E-state index contributed by atoms with van der Waals surface area (Å²) >= 11 is 0. The third kappa shape index (κ3) is 3.92. The Balaban J connectivity index is 2.12. The third-order valence-electron chi connectivity index (χ3n) is 3.52. The molecule has 0 radical (unpaired) electrons. The fourth-order valence-electron chi connectivity index (χ4n) is 2.41. The van der Waals surface area contributed by atoms with Crippen LogP contribution in [0.3, 0.4) is 0 Å². The van der Waals surface area contributed by atoms with Crippen molar-refractivity contribution in [2.24, 2.45) is 0 Å². The van der Waals surface area contributed by atoms with Crippen LogP contribution in [0.15, 0.2) is 24.3 Å². The second-order valence-corrected chi connectivity index (χ2v) is 5.35. The van der Waals surface area contributed by atoms with E-state index >= 15 is 0 Å². The van der Waals surface area contributed by atoms with Gasteiger partial charge in [0.2, 0.25) is 0 Å². The van der Waals surface area contributed by atoms with Crippen LogP contribution in [0, 0.1) is 6.92 Å². The Labute approximate surface area is 133 Å². The van der Waals surface area contributed by atoms with Crippen molar-refractivity contribution in [2.45, 2.75) is 33.4 Å². The van der Waals surface area contributed by atoms with E-state index < -0.39 is 6.61 Å². The molecule has 6 nitrogen and oxygen atoms in total. The van der Waals surface area contributed by atoms with Gasteiger partial charge in [-0.25, -0.2) is 0 Å². The standard InChI is InChI=1S/C17H20O6/c1-10-2-11(6-18)16(21)13(3-10)8-23-9-14-5-15(20)4-12(7-19)17(14)22/h2-5,18-22H,6-9H2,1H3. The molecule has 23 heavy (non-hydrogen) atoms. The van der Waals surface area contributed by atoms with Crippen LogP contribution >= 0.6 is 0 Å². The number of benzene rings is 2. The van der Waals surface area contributed by atoms with E-state index in [-0.39, 0.29) is 42.6 Å². The van der Waals surface area contributed by atoms with Gasteiger partial charge in [0.1, 0.15) is 17.2 Å². The minimum Gasteiger partial charge on any atom is -0.508 e. The lowest BCUT2D eigenvalue weighted by Crippen LogP contribution is -1.99. The zero-order valence-corrected chi connectivity index (χ0v) is 12.8. The van der Waals surface area contributed by atoms with Crippen molar-refractivity contribution in [3.63, 3.8) is 0 Å². The fourth-order valence-corrected chi connectivity index (χ4v) is 2.41. The molecule has 0 aliphatic heterocycles. The van der Waals surface area contributed by atoms with Gasteiger partial charge >= 0.3 is 0 Å². The lowest BCUT2D eigenvalue weighted by atomic mass is 10.1. The Kier molecular flexibility index (Phi) is 5.44. The number of aromatic hydroxyl groups is 3. The molecule has 0 amide bonds. The Morgan fingerprint density at radius 2 is 1.17 bits per heavy atom. The predicted octanol–water partition coefficient (Wildman–Crippen LogP) is 1.81. The number of hydrogen-bond acceptors (Lipinski definition) is 6. The van der Waals surface area contributed by atoms with Crippen LogP contribution in [0.4, 0.5) is 0 Å². The summed E-state index contributed by atoms with van der Waals surface area (Å²) in [5.41, 5.74) is 2.38. The first-order valence-electron chi connectivity index (χ1n) is 7.10. The summed E-state index contributed by atoms with van der Waals surface area (Å²) in [5, 5.41) is 47.9. The van der Waals surface area contributed by atoms with Gasteiger partial charge in [0.25, 0.3) is 0 Å². The minimum atomic E-state index is -0.397. The first kappa shape index (κ1) is 17.1. The number of phenolic OH excluding ortho intramolecular Hbond substituents is 1. The van der Waals surface area contributed by atoms with Crippen LogP contribution in [-0.4, -0.2) is 25.5 Å². The first-order chi connectivity index (χ1) is 11.0. The highest BCUT2D eigenvalue weighted by molar-refractivity contribution is 5.45. The van der Waals surface area contributed by atoms with Gasteiger partial charge in [-0.05, 0) is 19.1 Å². The number of phenols is 3. The van der Waals surface area contributed by atoms with Gasteiger partial charge in [-0.3, -0.25) is 0 Å². The summed E-state index contributed by atoms with van der Waals surface area (Å²) in [6.07, 6.45) is 0. The van der Waals surface area contributed by atoms with E-state index in [4.69, 9.17) is 9.84 Å². The van der Waals surface area contributed by atoms with E-state index in [1.54, 1.807) is 12.1 Å². The molecule has 0 heterocycles. The normalized spacial score (nSPS) is 10.9. The van der Waals surface area contributed by atoms with Crippen LogP contribution < -0.4 is 0 Å². The molecule has 0 saturated carbocycles. The minimum absolute atomic E-state index is 0.00489. The van der Waals surface area contributed by atoms with E-state index in [1.165, 1.54) is 12.1 Å². The monoisotopic (exact) mass is 320 g/mol. The SMILES string of the molecule is Cc1cc(CO)c(O)c(COCc2cc(O)cc(CO)c2O)c1. The Morgan fingerprint density at radius 1 is 0.739 bits per heavy atom. The maximum absolute atomic E-state index is 10.0. The molecule has 0 atom stereocenters. The third-order valence-corrected chi connectivity index (χ3v) is 3.52. The molecule has 0 unspecified atom stereocenters. The van der Waals surface area contributed by atoms with Gasteiger partial charge in [0.15, 0.2) is 0 Å². The highest BCUT2D eigenvalue weighted by Crippen LogP contribution is 2.30. The van der Waals surface area contributed by atoms with Crippen molar-refractivity contribution in [1.82, 2.24) is 0 Å². The highest BCUT2D eigenvalue weighted by atomic mass is 16.5. The zero-order valence-electron chi connectivity index (χ0n) is 12.8. The van der Waals surface area contributed by atoms with Crippen molar-refractivity contribution >= 4 is 0 Å². The molecule has 0 fully saturated rings. The number of aliphatic hydroxyl groups is 2. The van der Waals surface area contributed by atoms with Gasteiger partial charge in [-0.15, -0.1) is 0 Å². The van der Waals surface area contributed by atoms with Crippen LogP contribution in [0.1, 0.15) is 27.8 Å². The van der Waals surface area contributed by atoms with Crippen molar-refractivity contribution in [2.75, 3.05) is 0 Å². The number of aliphatic hydroxyl groups excluding tert-OH is 2. The summed E-state index contributed by atoms with van der Waals surface area (Å²) in [7, 11) is 0. The Hall–Kier alpha value is -2.28. The molecule has 0 aliphatic rings.